The summed E-state index contributed by atoms with van der Waals surface area (Å²) in [6, 6.07) is 9.79. The Balaban J connectivity index is 2.34. The Kier molecular flexibility index (Phi) is 9.18. The number of benzene rings is 2. The molecule has 0 saturated carbocycles. The standard InChI is InChI=1S/C26H32ClNO5S/c1-18(2)16-28(7)34(30,31)23-12-8-19(3)20(15-23)9-10-21-14-22(27)11-13-24(21)32-17-25(29)33-26(4,5)6/h8,11-15,18H,16-17H2,1-7H3. The summed E-state index contributed by atoms with van der Waals surface area (Å²) in [4.78, 5) is 12.2. The summed E-state index contributed by atoms with van der Waals surface area (Å²) in [6.45, 7) is 11.3. The molecule has 0 heterocycles. The number of sulfonamides is 1. The van der Waals surface area contributed by atoms with Crippen molar-refractivity contribution < 1.29 is 22.7 Å². The van der Waals surface area contributed by atoms with E-state index in [0.29, 0.717) is 28.4 Å². The van der Waals surface area contributed by atoms with E-state index in [0.717, 1.165) is 5.56 Å². The molecule has 0 aliphatic rings. The molecule has 2 rings (SSSR count). The number of aryl methyl sites for hydroxylation is 1. The van der Waals surface area contributed by atoms with Crippen LogP contribution in [0.1, 0.15) is 51.3 Å². The van der Waals surface area contributed by atoms with Crippen LogP contribution < -0.4 is 4.74 Å². The summed E-state index contributed by atoms with van der Waals surface area (Å²) in [5.74, 6) is 6.11. The summed E-state index contributed by atoms with van der Waals surface area (Å²) in [6.07, 6.45) is 0. The fourth-order valence-electron chi connectivity index (χ4n) is 3.06. The van der Waals surface area contributed by atoms with Crippen molar-refractivity contribution in [3.05, 3.63) is 58.1 Å². The largest absolute Gasteiger partial charge is 0.481 e. The summed E-state index contributed by atoms with van der Waals surface area (Å²) in [5.41, 5.74) is 1.25. The van der Waals surface area contributed by atoms with Crippen LogP contribution in [-0.4, -0.2) is 44.5 Å². The zero-order chi connectivity index (χ0) is 25.7. The van der Waals surface area contributed by atoms with Gasteiger partial charge in [-0.25, -0.2) is 17.5 Å². The van der Waals surface area contributed by atoms with Crippen molar-refractivity contribution in [2.75, 3.05) is 20.2 Å². The van der Waals surface area contributed by atoms with E-state index < -0.39 is 21.6 Å². The van der Waals surface area contributed by atoms with E-state index in [1.54, 1.807) is 64.2 Å². The Hall–Kier alpha value is -2.53. The van der Waals surface area contributed by atoms with Gasteiger partial charge in [0.15, 0.2) is 6.61 Å². The van der Waals surface area contributed by atoms with E-state index in [4.69, 9.17) is 21.1 Å². The lowest BCUT2D eigenvalue weighted by atomic mass is 10.1. The molecule has 0 N–H and O–H groups in total. The first-order chi connectivity index (χ1) is 15.7. The number of carbonyl (C=O) groups is 1. The van der Waals surface area contributed by atoms with Crippen molar-refractivity contribution >= 4 is 27.6 Å². The molecule has 0 bridgehead atoms. The van der Waals surface area contributed by atoms with Gasteiger partial charge in [0.1, 0.15) is 11.4 Å². The Morgan fingerprint density at radius 2 is 1.74 bits per heavy atom. The van der Waals surface area contributed by atoms with Gasteiger partial charge in [0.2, 0.25) is 10.0 Å². The van der Waals surface area contributed by atoms with Crippen LogP contribution >= 0.6 is 11.6 Å². The lowest BCUT2D eigenvalue weighted by Crippen LogP contribution is -2.30. The molecule has 184 valence electrons. The van der Waals surface area contributed by atoms with Crippen LogP contribution in [0.15, 0.2) is 41.3 Å². The Morgan fingerprint density at radius 3 is 2.35 bits per heavy atom. The van der Waals surface area contributed by atoms with E-state index in [-0.39, 0.29) is 17.4 Å². The molecule has 0 atom stereocenters. The van der Waals surface area contributed by atoms with Crippen LogP contribution in [0, 0.1) is 24.7 Å². The second-order valence-corrected chi connectivity index (χ2v) is 11.9. The van der Waals surface area contributed by atoms with E-state index in [9.17, 15) is 13.2 Å². The average Bonchev–Trinajstić information content (AvgIpc) is 2.70. The highest BCUT2D eigenvalue weighted by atomic mass is 35.5. The molecule has 0 amide bonds. The molecule has 0 aliphatic carbocycles. The van der Waals surface area contributed by atoms with Crippen molar-refractivity contribution in [3.8, 4) is 17.6 Å². The number of halogens is 1. The molecular weight excluding hydrogens is 474 g/mol. The molecule has 0 fully saturated rings. The fourth-order valence-corrected chi connectivity index (χ4v) is 4.59. The lowest BCUT2D eigenvalue weighted by Gasteiger charge is -2.19. The van der Waals surface area contributed by atoms with Crippen molar-refractivity contribution in [1.82, 2.24) is 4.31 Å². The summed E-state index contributed by atoms with van der Waals surface area (Å²) in [5, 5.41) is 0.456. The molecule has 2 aromatic rings. The molecule has 0 radical (unpaired) electrons. The second kappa shape index (κ2) is 11.3. The van der Waals surface area contributed by atoms with E-state index in [1.165, 1.54) is 4.31 Å². The highest BCUT2D eigenvalue weighted by Crippen LogP contribution is 2.24. The summed E-state index contributed by atoms with van der Waals surface area (Å²) in [7, 11) is -2.07. The smallest absolute Gasteiger partial charge is 0.344 e. The van der Waals surface area contributed by atoms with Gasteiger partial charge in [-0.2, -0.15) is 0 Å². The van der Waals surface area contributed by atoms with Crippen LogP contribution in [0.3, 0.4) is 0 Å². The maximum Gasteiger partial charge on any atom is 0.344 e. The maximum atomic E-state index is 12.9. The van der Waals surface area contributed by atoms with Crippen LogP contribution in [0.4, 0.5) is 0 Å². The predicted octanol–water partition coefficient (Wildman–Crippen LogP) is 5.05. The van der Waals surface area contributed by atoms with E-state index in [2.05, 4.69) is 11.8 Å². The van der Waals surface area contributed by atoms with Gasteiger partial charge in [-0.1, -0.05) is 43.4 Å². The third-order valence-electron chi connectivity index (χ3n) is 4.58. The minimum Gasteiger partial charge on any atom is -0.481 e. The maximum absolute atomic E-state index is 12.9. The summed E-state index contributed by atoms with van der Waals surface area (Å²) >= 11 is 6.14. The number of carbonyl (C=O) groups excluding carboxylic acids is 1. The highest BCUT2D eigenvalue weighted by Gasteiger charge is 2.22. The van der Waals surface area contributed by atoms with Crippen LogP contribution in [0.25, 0.3) is 0 Å². The Bertz CT molecular complexity index is 1200. The van der Waals surface area contributed by atoms with Gasteiger partial charge in [-0.3, -0.25) is 0 Å². The van der Waals surface area contributed by atoms with Gasteiger partial charge in [-0.05, 0) is 69.5 Å². The SMILES string of the molecule is Cc1ccc(S(=O)(=O)N(C)CC(C)C)cc1C#Cc1cc(Cl)ccc1OCC(=O)OC(C)(C)C. The topological polar surface area (TPSA) is 72.9 Å². The lowest BCUT2D eigenvalue weighted by molar-refractivity contribution is -0.157. The first-order valence-corrected chi connectivity index (χ1v) is 12.7. The van der Waals surface area contributed by atoms with Crippen molar-refractivity contribution in [1.29, 1.82) is 0 Å². The number of hydrogen-bond donors (Lipinski definition) is 0. The van der Waals surface area contributed by atoms with Crippen molar-refractivity contribution in [2.45, 2.75) is 52.0 Å². The highest BCUT2D eigenvalue weighted by molar-refractivity contribution is 7.89. The Morgan fingerprint density at radius 1 is 1.09 bits per heavy atom. The predicted molar refractivity (Wildman–Crippen MR) is 135 cm³/mol. The monoisotopic (exact) mass is 505 g/mol. The second-order valence-electron chi connectivity index (χ2n) is 9.42. The van der Waals surface area contributed by atoms with Gasteiger partial charge >= 0.3 is 5.97 Å². The first kappa shape index (κ1) is 27.7. The molecule has 2 aromatic carbocycles. The molecule has 0 aliphatic heterocycles. The third-order valence-corrected chi connectivity index (χ3v) is 6.63. The van der Waals surface area contributed by atoms with Gasteiger partial charge < -0.3 is 9.47 Å². The van der Waals surface area contributed by atoms with Crippen LogP contribution in [0.5, 0.6) is 5.75 Å². The van der Waals surface area contributed by atoms with Gasteiger partial charge in [-0.15, -0.1) is 0 Å². The van der Waals surface area contributed by atoms with Gasteiger partial charge in [0, 0.05) is 24.2 Å². The van der Waals surface area contributed by atoms with Crippen molar-refractivity contribution in [3.63, 3.8) is 0 Å². The first-order valence-electron chi connectivity index (χ1n) is 10.9. The number of nitrogens with zero attached hydrogens (tertiary/aromatic N) is 1. The number of esters is 1. The average molecular weight is 506 g/mol. The molecular formula is C26H32ClNO5S. The van der Waals surface area contributed by atoms with E-state index in [1.807, 2.05) is 20.8 Å². The number of hydrogen-bond acceptors (Lipinski definition) is 5. The molecule has 0 unspecified atom stereocenters. The normalized spacial score (nSPS) is 11.8. The quantitative estimate of drug-likeness (QED) is 0.389. The summed E-state index contributed by atoms with van der Waals surface area (Å²) < 4.78 is 38.1. The van der Waals surface area contributed by atoms with Gasteiger partial charge in [0.05, 0.1) is 10.5 Å². The number of ether oxygens (including phenoxy) is 2. The number of rotatable bonds is 7. The van der Waals surface area contributed by atoms with E-state index >= 15 is 0 Å². The zero-order valence-electron chi connectivity index (χ0n) is 20.7. The van der Waals surface area contributed by atoms with Crippen LogP contribution in [-0.2, 0) is 19.6 Å². The molecule has 0 saturated heterocycles. The molecule has 0 aromatic heterocycles. The zero-order valence-corrected chi connectivity index (χ0v) is 22.3. The molecule has 0 spiro atoms. The molecule has 8 heteroatoms. The molecule has 6 nitrogen and oxygen atoms in total. The molecule has 34 heavy (non-hydrogen) atoms. The van der Waals surface area contributed by atoms with Crippen LogP contribution in [0.2, 0.25) is 5.02 Å². The fraction of sp³-hybridized carbons (Fsp3) is 0.423. The third kappa shape index (κ3) is 8.05. The van der Waals surface area contributed by atoms with Gasteiger partial charge in [0.25, 0.3) is 0 Å². The minimum absolute atomic E-state index is 0.179. The van der Waals surface area contributed by atoms with Crippen molar-refractivity contribution in [2.24, 2.45) is 5.92 Å². The minimum atomic E-state index is -3.64. The Labute approximate surface area is 208 Å².